The average molecular weight is 219 g/mol. The van der Waals surface area contributed by atoms with Gasteiger partial charge in [-0.15, -0.1) is 0 Å². The molecule has 0 spiro atoms. The van der Waals surface area contributed by atoms with Crippen molar-refractivity contribution in [3.8, 4) is 0 Å². The summed E-state index contributed by atoms with van der Waals surface area (Å²) >= 11 is 0. The third-order valence-electron chi connectivity index (χ3n) is 4.32. The van der Waals surface area contributed by atoms with Crippen LogP contribution in [0.15, 0.2) is 30.3 Å². The fourth-order valence-corrected chi connectivity index (χ4v) is 2.40. The van der Waals surface area contributed by atoms with Gasteiger partial charge in [0, 0.05) is 6.04 Å². The average Bonchev–Trinajstić information content (AvgIpc) is 2.27. The van der Waals surface area contributed by atoms with Gasteiger partial charge in [-0.3, -0.25) is 0 Å². The van der Waals surface area contributed by atoms with Crippen molar-refractivity contribution in [1.29, 1.82) is 0 Å². The molecule has 0 aromatic heterocycles. The van der Waals surface area contributed by atoms with Crippen LogP contribution in [0.4, 0.5) is 0 Å². The van der Waals surface area contributed by atoms with Crippen LogP contribution >= 0.6 is 0 Å². The van der Waals surface area contributed by atoms with Gasteiger partial charge in [-0.1, -0.05) is 65.0 Å². The fraction of sp³-hybridized carbons (Fsp3) is 0.600. The van der Waals surface area contributed by atoms with Gasteiger partial charge in [0.2, 0.25) is 0 Å². The zero-order valence-corrected chi connectivity index (χ0v) is 11.2. The van der Waals surface area contributed by atoms with E-state index in [1.165, 1.54) is 5.56 Å². The second kappa shape index (κ2) is 5.01. The first-order valence-electron chi connectivity index (χ1n) is 6.21. The SMILES string of the molecule is CC(C)C(C)(C(C)C)C(N)c1ccccc1. The van der Waals surface area contributed by atoms with Crippen LogP contribution in [0.25, 0.3) is 0 Å². The summed E-state index contributed by atoms with van der Waals surface area (Å²) in [5.74, 6) is 1.14. The van der Waals surface area contributed by atoms with Gasteiger partial charge in [0.1, 0.15) is 0 Å². The van der Waals surface area contributed by atoms with E-state index in [0.717, 1.165) is 0 Å². The lowest BCUT2D eigenvalue weighted by Gasteiger charge is -2.43. The van der Waals surface area contributed by atoms with E-state index < -0.39 is 0 Å². The van der Waals surface area contributed by atoms with E-state index in [9.17, 15) is 0 Å². The van der Waals surface area contributed by atoms with Crippen molar-refractivity contribution in [3.63, 3.8) is 0 Å². The zero-order chi connectivity index (χ0) is 12.3. The lowest BCUT2D eigenvalue weighted by molar-refractivity contribution is 0.0978. The minimum Gasteiger partial charge on any atom is -0.323 e. The monoisotopic (exact) mass is 219 g/mol. The molecule has 0 saturated heterocycles. The standard InChI is InChI=1S/C15H25N/c1-11(2)15(5,12(3)4)14(16)13-9-7-6-8-10-13/h6-12,14H,16H2,1-5H3. The van der Waals surface area contributed by atoms with Crippen LogP contribution in [0, 0.1) is 17.3 Å². The van der Waals surface area contributed by atoms with Crippen LogP contribution in [-0.4, -0.2) is 0 Å². The van der Waals surface area contributed by atoms with E-state index in [-0.39, 0.29) is 11.5 Å². The van der Waals surface area contributed by atoms with Crippen molar-refractivity contribution in [2.75, 3.05) is 0 Å². The molecule has 1 aromatic carbocycles. The highest BCUT2D eigenvalue weighted by Gasteiger charge is 2.38. The van der Waals surface area contributed by atoms with Crippen LogP contribution in [0.5, 0.6) is 0 Å². The summed E-state index contributed by atoms with van der Waals surface area (Å²) in [4.78, 5) is 0. The Morgan fingerprint density at radius 3 is 1.75 bits per heavy atom. The summed E-state index contributed by atoms with van der Waals surface area (Å²) in [7, 11) is 0. The van der Waals surface area contributed by atoms with Crippen molar-refractivity contribution in [3.05, 3.63) is 35.9 Å². The summed E-state index contributed by atoms with van der Waals surface area (Å²) in [6, 6.07) is 10.5. The molecule has 1 nitrogen and oxygen atoms in total. The Labute approximate surface area is 100 Å². The van der Waals surface area contributed by atoms with E-state index in [2.05, 4.69) is 58.9 Å². The molecule has 0 bridgehead atoms. The molecule has 0 heterocycles. The van der Waals surface area contributed by atoms with E-state index in [1.54, 1.807) is 0 Å². The molecule has 0 radical (unpaired) electrons. The third-order valence-corrected chi connectivity index (χ3v) is 4.32. The number of hydrogen-bond acceptors (Lipinski definition) is 1. The molecule has 2 N–H and O–H groups in total. The van der Waals surface area contributed by atoms with Crippen molar-refractivity contribution in [2.45, 2.75) is 40.7 Å². The molecule has 0 saturated carbocycles. The highest BCUT2D eigenvalue weighted by atomic mass is 14.7. The van der Waals surface area contributed by atoms with Gasteiger partial charge in [-0.05, 0) is 22.8 Å². The molecule has 1 heteroatoms. The van der Waals surface area contributed by atoms with E-state index in [0.29, 0.717) is 11.8 Å². The van der Waals surface area contributed by atoms with Gasteiger partial charge in [0.25, 0.3) is 0 Å². The molecule has 1 unspecified atom stereocenters. The van der Waals surface area contributed by atoms with Crippen LogP contribution < -0.4 is 5.73 Å². The quantitative estimate of drug-likeness (QED) is 0.813. The van der Waals surface area contributed by atoms with Crippen molar-refractivity contribution in [2.24, 2.45) is 23.0 Å². The highest BCUT2D eigenvalue weighted by molar-refractivity contribution is 5.21. The third kappa shape index (κ3) is 2.30. The molecule has 16 heavy (non-hydrogen) atoms. The largest absolute Gasteiger partial charge is 0.323 e. The molecular formula is C15H25N. The second-order valence-electron chi connectivity index (χ2n) is 5.56. The van der Waals surface area contributed by atoms with Gasteiger partial charge < -0.3 is 5.73 Å². The molecule has 0 aliphatic rings. The van der Waals surface area contributed by atoms with Crippen molar-refractivity contribution in [1.82, 2.24) is 0 Å². The molecule has 1 rings (SSSR count). The van der Waals surface area contributed by atoms with Crippen LogP contribution in [0.1, 0.15) is 46.2 Å². The summed E-state index contributed by atoms with van der Waals surface area (Å²) < 4.78 is 0. The van der Waals surface area contributed by atoms with E-state index in [1.807, 2.05) is 6.07 Å². The maximum Gasteiger partial charge on any atom is 0.0354 e. The molecule has 1 aromatic rings. The maximum atomic E-state index is 6.48. The first-order chi connectivity index (χ1) is 7.40. The Hall–Kier alpha value is -0.820. The Bertz CT molecular complexity index is 305. The minimum absolute atomic E-state index is 0.105. The highest BCUT2D eigenvalue weighted by Crippen LogP contribution is 2.44. The van der Waals surface area contributed by atoms with Crippen LogP contribution in [-0.2, 0) is 0 Å². The first-order valence-corrected chi connectivity index (χ1v) is 6.21. The van der Waals surface area contributed by atoms with E-state index >= 15 is 0 Å². The Morgan fingerprint density at radius 2 is 1.38 bits per heavy atom. The van der Waals surface area contributed by atoms with Crippen LogP contribution in [0.2, 0.25) is 0 Å². The first kappa shape index (κ1) is 13.2. The summed E-state index contributed by atoms with van der Waals surface area (Å²) in [5.41, 5.74) is 7.86. The lowest BCUT2D eigenvalue weighted by atomic mass is 9.64. The smallest absolute Gasteiger partial charge is 0.0354 e. The van der Waals surface area contributed by atoms with Crippen LogP contribution in [0.3, 0.4) is 0 Å². The minimum atomic E-state index is 0.105. The number of hydrogen-bond donors (Lipinski definition) is 1. The molecule has 90 valence electrons. The number of nitrogens with two attached hydrogens (primary N) is 1. The molecule has 1 atom stereocenters. The Balaban J connectivity index is 3.06. The van der Waals surface area contributed by atoms with Crippen molar-refractivity contribution >= 4 is 0 Å². The van der Waals surface area contributed by atoms with Gasteiger partial charge in [-0.2, -0.15) is 0 Å². The predicted molar refractivity (Wildman–Crippen MR) is 71.2 cm³/mol. The second-order valence-corrected chi connectivity index (χ2v) is 5.56. The van der Waals surface area contributed by atoms with Crippen molar-refractivity contribution < 1.29 is 0 Å². The fourth-order valence-electron chi connectivity index (χ4n) is 2.40. The number of rotatable bonds is 4. The van der Waals surface area contributed by atoms with E-state index in [4.69, 9.17) is 5.73 Å². The molecule has 0 amide bonds. The Kier molecular flexibility index (Phi) is 4.15. The van der Waals surface area contributed by atoms with Gasteiger partial charge in [0.15, 0.2) is 0 Å². The molecule has 0 aliphatic heterocycles. The topological polar surface area (TPSA) is 26.0 Å². The molecule has 0 fully saturated rings. The van der Waals surface area contributed by atoms with Gasteiger partial charge in [-0.25, -0.2) is 0 Å². The zero-order valence-electron chi connectivity index (χ0n) is 11.2. The summed E-state index contributed by atoms with van der Waals surface area (Å²) in [6.07, 6.45) is 0. The summed E-state index contributed by atoms with van der Waals surface area (Å²) in [5, 5.41) is 0. The number of benzene rings is 1. The summed E-state index contributed by atoms with van der Waals surface area (Å²) in [6.45, 7) is 11.4. The normalized spacial score (nSPS) is 14.5. The molecular weight excluding hydrogens is 194 g/mol. The lowest BCUT2D eigenvalue weighted by Crippen LogP contribution is -2.40. The maximum absolute atomic E-state index is 6.48. The predicted octanol–water partition coefficient (Wildman–Crippen LogP) is 4.00. The van der Waals surface area contributed by atoms with Gasteiger partial charge in [0.05, 0.1) is 0 Å². The Morgan fingerprint density at radius 1 is 0.938 bits per heavy atom. The molecule has 0 aliphatic carbocycles. The van der Waals surface area contributed by atoms with Gasteiger partial charge >= 0.3 is 0 Å².